The average molecular weight is 398 g/mol. The number of hydrogen-bond acceptors (Lipinski definition) is 4. The molecule has 7 heteroatoms. The number of rotatable bonds is 6. The van der Waals surface area contributed by atoms with Gasteiger partial charge in [-0.25, -0.2) is 8.42 Å². The van der Waals surface area contributed by atoms with Gasteiger partial charge in [0.15, 0.2) is 0 Å². The maximum absolute atomic E-state index is 13.0. The lowest BCUT2D eigenvalue weighted by Gasteiger charge is -2.20. The van der Waals surface area contributed by atoms with E-state index in [-0.39, 0.29) is 22.4 Å². The van der Waals surface area contributed by atoms with Crippen LogP contribution in [0.2, 0.25) is 0 Å². The first-order chi connectivity index (χ1) is 13.3. The average Bonchev–Trinajstić information content (AvgIpc) is 3.23. The Bertz CT molecular complexity index is 1060. The number of benzene rings is 2. The topological polar surface area (TPSA) is 79.6 Å². The molecule has 0 fully saturated rings. The molecule has 0 aliphatic rings. The van der Waals surface area contributed by atoms with Crippen molar-refractivity contribution < 1.29 is 17.6 Å². The van der Waals surface area contributed by atoms with Crippen LogP contribution in [-0.2, 0) is 10.0 Å². The van der Waals surface area contributed by atoms with Gasteiger partial charge in [-0.1, -0.05) is 23.8 Å². The van der Waals surface area contributed by atoms with E-state index >= 15 is 0 Å². The molecule has 0 bridgehead atoms. The van der Waals surface area contributed by atoms with Gasteiger partial charge >= 0.3 is 0 Å². The highest BCUT2D eigenvalue weighted by atomic mass is 32.2. The van der Waals surface area contributed by atoms with E-state index in [4.69, 9.17) is 4.42 Å². The number of carbonyl (C=O) groups is 1. The zero-order chi connectivity index (χ0) is 20.3. The highest BCUT2D eigenvalue weighted by Gasteiger charge is 2.23. The van der Waals surface area contributed by atoms with Gasteiger partial charge in [0.2, 0.25) is 0 Å². The predicted octanol–water partition coefficient (Wildman–Crippen LogP) is 3.90. The minimum Gasteiger partial charge on any atom is -0.467 e. The molecule has 146 valence electrons. The van der Waals surface area contributed by atoms with Crippen molar-refractivity contribution in [3.8, 4) is 0 Å². The maximum atomic E-state index is 13.0. The van der Waals surface area contributed by atoms with Crippen molar-refractivity contribution in [3.05, 3.63) is 83.8 Å². The van der Waals surface area contributed by atoms with Crippen LogP contribution in [0.1, 0.15) is 34.6 Å². The van der Waals surface area contributed by atoms with Gasteiger partial charge in [0.25, 0.3) is 15.9 Å². The zero-order valence-electron chi connectivity index (χ0n) is 15.9. The van der Waals surface area contributed by atoms with E-state index in [2.05, 4.69) is 5.32 Å². The Labute approximate surface area is 164 Å². The van der Waals surface area contributed by atoms with Gasteiger partial charge in [0, 0.05) is 12.6 Å². The van der Waals surface area contributed by atoms with Crippen molar-refractivity contribution in [2.24, 2.45) is 0 Å². The van der Waals surface area contributed by atoms with Gasteiger partial charge < -0.3 is 9.73 Å². The quantitative estimate of drug-likeness (QED) is 0.683. The summed E-state index contributed by atoms with van der Waals surface area (Å²) in [5.74, 6) is 0.246. The number of anilines is 1. The third kappa shape index (κ3) is 4.09. The van der Waals surface area contributed by atoms with Crippen LogP contribution in [0.3, 0.4) is 0 Å². The first-order valence-electron chi connectivity index (χ1n) is 8.79. The van der Waals surface area contributed by atoms with E-state index in [9.17, 15) is 13.2 Å². The normalized spacial score (nSPS) is 12.4. The van der Waals surface area contributed by atoms with Gasteiger partial charge in [-0.2, -0.15) is 0 Å². The van der Waals surface area contributed by atoms with E-state index in [1.807, 2.05) is 19.1 Å². The molecule has 0 aliphatic carbocycles. The first kappa shape index (κ1) is 19.7. The molecule has 3 aromatic rings. The number of aryl methyl sites for hydroxylation is 1. The van der Waals surface area contributed by atoms with Crippen LogP contribution in [0, 0.1) is 6.92 Å². The molecule has 0 aliphatic heterocycles. The van der Waals surface area contributed by atoms with Crippen LogP contribution in [0.4, 0.5) is 5.69 Å². The van der Waals surface area contributed by atoms with E-state index < -0.39 is 10.0 Å². The van der Waals surface area contributed by atoms with Crippen molar-refractivity contribution in [2.75, 3.05) is 11.4 Å². The lowest BCUT2D eigenvalue weighted by atomic mass is 10.2. The van der Waals surface area contributed by atoms with Crippen molar-refractivity contribution in [1.82, 2.24) is 5.32 Å². The molecule has 1 N–H and O–H groups in total. The molecule has 1 aromatic heterocycles. The molecule has 1 heterocycles. The third-order valence-corrected chi connectivity index (χ3v) is 6.25. The molecule has 0 spiro atoms. The number of carbonyl (C=O) groups excluding carboxylic acids is 1. The molecule has 0 saturated carbocycles. The molecule has 0 unspecified atom stereocenters. The molecule has 0 radical (unpaired) electrons. The minimum atomic E-state index is -3.80. The van der Waals surface area contributed by atoms with Crippen molar-refractivity contribution in [1.29, 1.82) is 0 Å². The molecule has 0 saturated heterocycles. The summed E-state index contributed by atoms with van der Waals surface area (Å²) in [7, 11) is -2.31. The third-order valence-electron chi connectivity index (χ3n) is 4.47. The Morgan fingerprint density at radius 1 is 1.07 bits per heavy atom. The summed E-state index contributed by atoms with van der Waals surface area (Å²) in [6.45, 7) is 3.73. The van der Waals surface area contributed by atoms with Crippen molar-refractivity contribution in [2.45, 2.75) is 24.8 Å². The fourth-order valence-electron chi connectivity index (χ4n) is 2.74. The molecular formula is C21H22N2O4S. The van der Waals surface area contributed by atoms with Crippen LogP contribution in [0.5, 0.6) is 0 Å². The maximum Gasteiger partial charge on any atom is 0.264 e. The monoisotopic (exact) mass is 398 g/mol. The van der Waals surface area contributed by atoms with Crippen molar-refractivity contribution in [3.63, 3.8) is 0 Å². The molecule has 1 atom stereocenters. The molecule has 28 heavy (non-hydrogen) atoms. The Morgan fingerprint density at radius 3 is 2.43 bits per heavy atom. The number of amides is 1. The Kier molecular flexibility index (Phi) is 5.56. The smallest absolute Gasteiger partial charge is 0.264 e. The lowest BCUT2D eigenvalue weighted by molar-refractivity contribution is 0.0935. The Morgan fingerprint density at radius 2 is 1.79 bits per heavy atom. The summed E-state index contributed by atoms with van der Waals surface area (Å²) >= 11 is 0. The van der Waals surface area contributed by atoms with Crippen LogP contribution in [0.15, 0.2) is 76.2 Å². The molecule has 1 amide bonds. The SMILES string of the molecule is Cc1ccc(N(C)S(=O)(=O)c2cccc(C(=O)N[C@H](C)c3ccco3)c2)cc1. The van der Waals surface area contributed by atoms with E-state index in [1.54, 1.807) is 43.3 Å². The Hall–Kier alpha value is -3.06. The minimum absolute atomic E-state index is 0.0499. The van der Waals surface area contributed by atoms with E-state index in [0.717, 1.165) is 5.56 Å². The first-order valence-corrected chi connectivity index (χ1v) is 10.2. The fourth-order valence-corrected chi connectivity index (χ4v) is 3.98. The van der Waals surface area contributed by atoms with E-state index in [0.29, 0.717) is 11.4 Å². The van der Waals surface area contributed by atoms with Gasteiger partial charge in [-0.3, -0.25) is 9.10 Å². The summed E-state index contributed by atoms with van der Waals surface area (Å²) in [4.78, 5) is 12.6. The molecule has 6 nitrogen and oxygen atoms in total. The van der Waals surface area contributed by atoms with Gasteiger partial charge in [-0.15, -0.1) is 0 Å². The highest BCUT2D eigenvalue weighted by molar-refractivity contribution is 7.92. The standard InChI is InChI=1S/C21H22N2O4S/c1-15-9-11-18(12-10-15)23(3)28(25,26)19-7-4-6-17(14-19)21(24)22-16(2)20-8-5-13-27-20/h4-14,16H,1-3H3,(H,22,24)/t16-/m1/s1. The van der Waals surface area contributed by atoms with Crippen LogP contribution in [-0.4, -0.2) is 21.4 Å². The van der Waals surface area contributed by atoms with E-state index in [1.165, 1.54) is 29.7 Å². The number of hydrogen-bond donors (Lipinski definition) is 1. The van der Waals surface area contributed by atoms with Gasteiger partial charge in [-0.05, 0) is 56.3 Å². The highest BCUT2D eigenvalue weighted by Crippen LogP contribution is 2.23. The largest absolute Gasteiger partial charge is 0.467 e. The number of nitrogens with zero attached hydrogens (tertiary/aromatic N) is 1. The Balaban J connectivity index is 1.83. The second-order valence-corrected chi connectivity index (χ2v) is 8.52. The van der Waals surface area contributed by atoms with Gasteiger partial charge in [0.05, 0.1) is 22.9 Å². The summed E-state index contributed by atoms with van der Waals surface area (Å²) in [6.07, 6.45) is 1.53. The molecule has 2 aromatic carbocycles. The number of nitrogens with one attached hydrogen (secondary N) is 1. The number of furan rings is 1. The zero-order valence-corrected chi connectivity index (χ0v) is 16.7. The fraction of sp³-hybridized carbons (Fsp3) is 0.190. The van der Waals surface area contributed by atoms with Crippen LogP contribution in [0.25, 0.3) is 0 Å². The second-order valence-electron chi connectivity index (χ2n) is 6.55. The number of sulfonamides is 1. The molecular weight excluding hydrogens is 376 g/mol. The summed E-state index contributed by atoms with van der Waals surface area (Å²) in [5, 5.41) is 2.80. The summed E-state index contributed by atoms with van der Waals surface area (Å²) in [6, 6.07) is 16.4. The predicted molar refractivity (Wildman–Crippen MR) is 108 cm³/mol. The molecule has 3 rings (SSSR count). The summed E-state index contributed by atoms with van der Waals surface area (Å²) < 4.78 is 32.4. The lowest BCUT2D eigenvalue weighted by Crippen LogP contribution is -2.28. The van der Waals surface area contributed by atoms with Gasteiger partial charge in [0.1, 0.15) is 5.76 Å². The second kappa shape index (κ2) is 7.90. The van der Waals surface area contributed by atoms with Crippen LogP contribution >= 0.6 is 0 Å². The summed E-state index contributed by atoms with van der Waals surface area (Å²) in [5.41, 5.74) is 1.85. The van der Waals surface area contributed by atoms with Crippen LogP contribution < -0.4 is 9.62 Å². The van der Waals surface area contributed by atoms with Crippen molar-refractivity contribution >= 4 is 21.6 Å².